The van der Waals surface area contributed by atoms with Crippen LogP contribution < -0.4 is 10.6 Å². The molecule has 2 heterocycles. The van der Waals surface area contributed by atoms with Gasteiger partial charge in [-0.1, -0.05) is 0 Å². The number of nitrogens with one attached hydrogen (secondary N) is 2. The molecule has 2 saturated heterocycles. The van der Waals surface area contributed by atoms with Crippen molar-refractivity contribution in [3.63, 3.8) is 0 Å². The Hall–Kier alpha value is -0.160. The van der Waals surface area contributed by atoms with Crippen LogP contribution in [0.4, 0.5) is 0 Å². The van der Waals surface area contributed by atoms with Gasteiger partial charge in [-0.05, 0) is 25.7 Å². The van der Waals surface area contributed by atoms with Crippen molar-refractivity contribution in [3.8, 4) is 0 Å². The molecule has 0 amide bonds. The van der Waals surface area contributed by atoms with Crippen molar-refractivity contribution < 1.29 is 18.9 Å². The van der Waals surface area contributed by atoms with E-state index in [-0.39, 0.29) is 24.0 Å². The molecule has 2 fully saturated rings. The van der Waals surface area contributed by atoms with Crippen molar-refractivity contribution in [2.45, 2.75) is 25.7 Å². The van der Waals surface area contributed by atoms with E-state index in [0.717, 1.165) is 97.6 Å². The lowest BCUT2D eigenvalue weighted by atomic mass is 10.1. The molecule has 8 heteroatoms. The third-order valence-corrected chi connectivity index (χ3v) is 4.49. The van der Waals surface area contributed by atoms with Gasteiger partial charge in [0, 0.05) is 58.4 Å². The fourth-order valence-electron chi connectivity index (χ4n) is 2.91. The summed E-state index contributed by atoms with van der Waals surface area (Å²) in [6.07, 6.45) is 4.21. The molecule has 0 saturated carbocycles. The Balaban J connectivity index is 0.00000338. The van der Waals surface area contributed by atoms with Crippen molar-refractivity contribution >= 4 is 29.9 Å². The summed E-state index contributed by atoms with van der Waals surface area (Å²) in [6.45, 7) is 8.39. The summed E-state index contributed by atoms with van der Waals surface area (Å²) in [5.41, 5.74) is 0. The number of rotatable bonds is 12. The van der Waals surface area contributed by atoms with E-state index in [2.05, 4.69) is 15.6 Å². The van der Waals surface area contributed by atoms with Crippen LogP contribution in [-0.4, -0.2) is 79.0 Å². The van der Waals surface area contributed by atoms with Crippen LogP contribution in [0.2, 0.25) is 0 Å². The van der Waals surface area contributed by atoms with Crippen LogP contribution in [0, 0.1) is 11.8 Å². The summed E-state index contributed by atoms with van der Waals surface area (Å²) in [4.78, 5) is 4.23. The summed E-state index contributed by atoms with van der Waals surface area (Å²) in [5, 5.41) is 6.62. The third-order valence-electron chi connectivity index (χ3n) is 4.49. The maximum Gasteiger partial charge on any atom is 0.190 e. The fourth-order valence-corrected chi connectivity index (χ4v) is 2.91. The van der Waals surface area contributed by atoms with Gasteiger partial charge in [-0.25, -0.2) is 0 Å². The standard InChI is InChI=1S/C18H35N3O4.HI/c1-19-18(20-6-2-8-22-12-16-4-10-24-14-16)21-7-3-9-23-13-17-5-11-25-15-17;/h16-17H,2-15H2,1H3,(H2,19,20,21);1H. The highest BCUT2D eigenvalue weighted by Gasteiger charge is 2.15. The van der Waals surface area contributed by atoms with Gasteiger partial charge >= 0.3 is 0 Å². The van der Waals surface area contributed by atoms with Crippen LogP contribution in [0.3, 0.4) is 0 Å². The molecule has 2 unspecified atom stereocenters. The van der Waals surface area contributed by atoms with Crippen LogP contribution in [0.25, 0.3) is 0 Å². The van der Waals surface area contributed by atoms with Gasteiger partial charge in [0.2, 0.25) is 0 Å². The predicted octanol–water partition coefficient (Wildman–Crippen LogP) is 1.66. The zero-order valence-electron chi connectivity index (χ0n) is 16.0. The largest absolute Gasteiger partial charge is 0.381 e. The number of halogens is 1. The first kappa shape index (κ1) is 23.9. The minimum Gasteiger partial charge on any atom is -0.381 e. The normalized spacial score (nSPS) is 22.0. The summed E-state index contributed by atoms with van der Waals surface area (Å²) in [7, 11) is 1.79. The highest BCUT2D eigenvalue weighted by molar-refractivity contribution is 14.0. The van der Waals surface area contributed by atoms with Crippen LogP contribution in [0.5, 0.6) is 0 Å². The van der Waals surface area contributed by atoms with E-state index in [1.807, 2.05) is 0 Å². The highest BCUT2D eigenvalue weighted by atomic mass is 127. The van der Waals surface area contributed by atoms with E-state index >= 15 is 0 Å². The Kier molecular flexibility index (Phi) is 14.6. The Bertz CT molecular complexity index is 332. The van der Waals surface area contributed by atoms with Crippen LogP contribution in [0.15, 0.2) is 4.99 Å². The highest BCUT2D eigenvalue weighted by Crippen LogP contribution is 2.12. The molecule has 0 aromatic carbocycles. The maximum atomic E-state index is 5.69. The number of aliphatic imine (C=N–C) groups is 1. The van der Waals surface area contributed by atoms with Gasteiger partial charge in [-0.3, -0.25) is 4.99 Å². The lowest BCUT2D eigenvalue weighted by Crippen LogP contribution is -2.38. The molecule has 2 atom stereocenters. The average molecular weight is 485 g/mol. The fraction of sp³-hybridized carbons (Fsp3) is 0.944. The van der Waals surface area contributed by atoms with E-state index in [0.29, 0.717) is 11.8 Å². The molecule has 2 rings (SSSR count). The molecular weight excluding hydrogens is 449 g/mol. The SMILES string of the molecule is CN=C(NCCCOCC1CCOC1)NCCCOCC1CCOC1.I. The first-order valence-corrected chi connectivity index (χ1v) is 9.64. The summed E-state index contributed by atoms with van der Waals surface area (Å²) >= 11 is 0. The summed E-state index contributed by atoms with van der Waals surface area (Å²) in [6, 6.07) is 0. The monoisotopic (exact) mass is 485 g/mol. The Morgan fingerprint density at radius 3 is 1.81 bits per heavy atom. The van der Waals surface area contributed by atoms with Gasteiger partial charge in [0.05, 0.1) is 26.4 Å². The molecule has 154 valence electrons. The topological polar surface area (TPSA) is 73.3 Å². The first-order chi connectivity index (χ1) is 12.4. The average Bonchev–Trinajstić information content (AvgIpc) is 3.32. The molecule has 0 aliphatic carbocycles. The number of hydrogen-bond acceptors (Lipinski definition) is 5. The van der Waals surface area contributed by atoms with Gasteiger partial charge in [0.1, 0.15) is 0 Å². The minimum atomic E-state index is 0. The molecule has 2 aliphatic heterocycles. The lowest BCUT2D eigenvalue weighted by Gasteiger charge is -2.13. The van der Waals surface area contributed by atoms with Crippen molar-refractivity contribution in [3.05, 3.63) is 0 Å². The van der Waals surface area contributed by atoms with Crippen LogP contribution >= 0.6 is 24.0 Å². The second kappa shape index (κ2) is 15.9. The minimum absolute atomic E-state index is 0. The van der Waals surface area contributed by atoms with Gasteiger partial charge < -0.3 is 29.6 Å². The molecule has 2 N–H and O–H groups in total. The zero-order chi connectivity index (χ0) is 17.6. The number of ether oxygens (including phenoxy) is 4. The molecule has 0 bridgehead atoms. The molecule has 0 aromatic rings. The number of nitrogens with zero attached hydrogens (tertiary/aromatic N) is 1. The third kappa shape index (κ3) is 10.9. The van der Waals surface area contributed by atoms with Gasteiger partial charge in [0.15, 0.2) is 5.96 Å². The van der Waals surface area contributed by atoms with E-state index in [9.17, 15) is 0 Å². The van der Waals surface area contributed by atoms with Crippen molar-refractivity contribution in [2.24, 2.45) is 16.8 Å². The van der Waals surface area contributed by atoms with Crippen LogP contribution in [0.1, 0.15) is 25.7 Å². The summed E-state index contributed by atoms with van der Waals surface area (Å²) in [5.74, 6) is 2.02. The Morgan fingerprint density at radius 2 is 1.42 bits per heavy atom. The molecule has 0 radical (unpaired) electrons. The van der Waals surface area contributed by atoms with E-state index in [1.54, 1.807) is 7.05 Å². The second-order valence-electron chi connectivity index (χ2n) is 6.74. The lowest BCUT2D eigenvalue weighted by molar-refractivity contribution is 0.0885. The van der Waals surface area contributed by atoms with Gasteiger partial charge in [-0.15, -0.1) is 24.0 Å². The van der Waals surface area contributed by atoms with Gasteiger partial charge in [0.25, 0.3) is 0 Å². The van der Waals surface area contributed by atoms with Crippen LogP contribution in [-0.2, 0) is 18.9 Å². The Morgan fingerprint density at radius 1 is 0.923 bits per heavy atom. The number of guanidine groups is 1. The van der Waals surface area contributed by atoms with Gasteiger partial charge in [-0.2, -0.15) is 0 Å². The smallest absolute Gasteiger partial charge is 0.190 e. The van der Waals surface area contributed by atoms with E-state index < -0.39 is 0 Å². The van der Waals surface area contributed by atoms with Crippen molar-refractivity contribution in [1.29, 1.82) is 0 Å². The first-order valence-electron chi connectivity index (χ1n) is 9.64. The molecule has 0 aromatic heterocycles. The quantitative estimate of drug-likeness (QED) is 0.190. The second-order valence-corrected chi connectivity index (χ2v) is 6.74. The molecule has 2 aliphatic rings. The molecule has 7 nitrogen and oxygen atoms in total. The summed E-state index contributed by atoms with van der Waals surface area (Å²) < 4.78 is 22.1. The van der Waals surface area contributed by atoms with Crippen molar-refractivity contribution in [2.75, 3.05) is 73.0 Å². The maximum absolute atomic E-state index is 5.69. The predicted molar refractivity (Wildman–Crippen MR) is 114 cm³/mol. The molecular formula is C18H36IN3O4. The van der Waals surface area contributed by atoms with Crippen molar-refractivity contribution in [1.82, 2.24) is 10.6 Å². The number of hydrogen-bond donors (Lipinski definition) is 2. The molecule has 26 heavy (non-hydrogen) atoms. The zero-order valence-corrected chi connectivity index (χ0v) is 18.4. The Labute approximate surface area is 175 Å². The van der Waals surface area contributed by atoms with E-state index in [4.69, 9.17) is 18.9 Å². The van der Waals surface area contributed by atoms with E-state index in [1.165, 1.54) is 0 Å². The molecule has 0 spiro atoms.